The van der Waals surface area contributed by atoms with E-state index in [2.05, 4.69) is 4.74 Å². The minimum absolute atomic E-state index is 0.160. The third-order valence-electron chi connectivity index (χ3n) is 2.39. The van der Waals surface area contributed by atoms with Gasteiger partial charge in [-0.3, -0.25) is 9.36 Å². The molecule has 0 radical (unpaired) electrons. The van der Waals surface area contributed by atoms with Crippen LogP contribution in [-0.2, 0) is 25.2 Å². The minimum Gasteiger partial charge on any atom is -0.469 e. The lowest BCUT2D eigenvalue weighted by molar-refractivity contribution is -0.137. The highest BCUT2D eigenvalue weighted by Crippen LogP contribution is 2.47. The van der Waals surface area contributed by atoms with Crippen molar-refractivity contribution in [1.29, 1.82) is 0 Å². The first-order valence-electron chi connectivity index (χ1n) is 5.43. The van der Waals surface area contributed by atoms with Gasteiger partial charge in [0.1, 0.15) is 6.16 Å². The second-order valence-electron chi connectivity index (χ2n) is 3.62. The Bertz CT molecular complexity index is 402. The Morgan fingerprint density at radius 3 is 2.47 bits per heavy atom. The lowest BCUT2D eigenvalue weighted by atomic mass is 10.2. The van der Waals surface area contributed by atoms with Crippen LogP contribution < -0.4 is 0 Å². The van der Waals surface area contributed by atoms with Gasteiger partial charge < -0.3 is 9.26 Å². The quantitative estimate of drug-likeness (QED) is 0.580. The monoisotopic (exact) mass is 256 g/mol. The first-order chi connectivity index (χ1) is 8.09. The van der Waals surface area contributed by atoms with E-state index in [1.165, 1.54) is 7.11 Å². The first-order valence-corrected chi connectivity index (χ1v) is 7.42. The first kappa shape index (κ1) is 13.9. The van der Waals surface area contributed by atoms with Crippen molar-refractivity contribution in [1.82, 2.24) is 0 Å². The predicted molar refractivity (Wildman–Crippen MR) is 66.3 cm³/mol. The van der Waals surface area contributed by atoms with Gasteiger partial charge in [-0.15, -0.1) is 0 Å². The van der Waals surface area contributed by atoms with Crippen molar-refractivity contribution in [2.24, 2.45) is 0 Å². The SMILES string of the molecule is CCP(=O)(CC(=O)OC)OCc1ccccc1. The summed E-state index contributed by atoms with van der Waals surface area (Å²) in [7, 11) is -1.64. The Morgan fingerprint density at radius 2 is 1.94 bits per heavy atom. The molecule has 0 N–H and O–H groups in total. The zero-order chi connectivity index (χ0) is 12.7. The number of ether oxygens (including phenoxy) is 1. The van der Waals surface area contributed by atoms with E-state index in [1.54, 1.807) is 6.92 Å². The smallest absolute Gasteiger partial charge is 0.315 e. The molecule has 1 unspecified atom stereocenters. The number of benzene rings is 1. The van der Waals surface area contributed by atoms with Gasteiger partial charge in [-0.1, -0.05) is 37.3 Å². The minimum atomic E-state index is -2.91. The Hall–Kier alpha value is -1.12. The van der Waals surface area contributed by atoms with E-state index in [9.17, 15) is 9.36 Å². The Kier molecular flexibility index (Phi) is 5.39. The highest BCUT2D eigenvalue weighted by molar-refractivity contribution is 7.59. The van der Waals surface area contributed by atoms with Crippen molar-refractivity contribution in [3.05, 3.63) is 35.9 Å². The summed E-state index contributed by atoms with van der Waals surface area (Å²) in [6.07, 6.45) is 0.168. The van der Waals surface area contributed by atoms with Gasteiger partial charge in [-0.05, 0) is 5.56 Å². The van der Waals surface area contributed by atoms with Crippen molar-refractivity contribution >= 4 is 13.3 Å². The number of rotatable bonds is 6. The molecule has 1 rings (SSSR count). The zero-order valence-electron chi connectivity index (χ0n) is 10.1. The number of carbonyl (C=O) groups excluding carboxylic acids is 1. The average Bonchev–Trinajstić information content (AvgIpc) is 2.37. The molecule has 17 heavy (non-hydrogen) atoms. The lowest BCUT2D eigenvalue weighted by Crippen LogP contribution is -2.10. The maximum atomic E-state index is 12.2. The molecule has 0 aliphatic heterocycles. The highest BCUT2D eigenvalue weighted by Gasteiger charge is 2.25. The van der Waals surface area contributed by atoms with Gasteiger partial charge in [-0.25, -0.2) is 0 Å². The molecular weight excluding hydrogens is 239 g/mol. The molecule has 0 saturated carbocycles. The van der Waals surface area contributed by atoms with E-state index in [0.717, 1.165) is 5.56 Å². The van der Waals surface area contributed by atoms with E-state index in [-0.39, 0.29) is 12.8 Å². The summed E-state index contributed by atoms with van der Waals surface area (Å²) in [5.74, 6) is -0.497. The van der Waals surface area contributed by atoms with Crippen molar-refractivity contribution in [2.75, 3.05) is 19.4 Å². The molecule has 0 aromatic heterocycles. The number of hydrogen-bond donors (Lipinski definition) is 0. The van der Waals surface area contributed by atoms with E-state index >= 15 is 0 Å². The van der Waals surface area contributed by atoms with E-state index in [4.69, 9.17) is 4.52 Å². The van der Waals surface area contributed by atoms with Crippen LogP contribution >= 0.6 is 7.37 Å². The topological polar surface area (TPSA) is 52.6 Å². The summed E-state index contributed by atoms with van der Waals surface area (Å²) in [6, 6.07) is 9.44. The number of hydrogen-bond acceptors (Lipinski definition) is 4. The summed E-state index contributed by atoms with van der Waals surface area (Å²) in [5.41, 5.74) is 0.936. The number of carbonyl (C=O) groups is 1. The van der Waals surface area contributed by atoms with E-state index in [1.807, 2.05) is 30.3 Å². The van der Waals surface area contributed by atoms with Crippen molar-refractivity contribution < 1.29 is 18.6 Å². The summed E-state index contributed by atoms with van der Waals surface area (Å²) >= 11 is 0. The van der Waals surface area contributed by atoms with Crippen LogP contribution in [-0.4, -0.2) is 25.4 Å². The molecule has 1 aromatic carbocycles. The highest BCUT2D eigenvalue weighted by atomic mass is 31.2. The van der Waals surface area contributed by atoms with Crippen molar-refractivity contribution in [2.45, 2.75) is 13.5 Å². The summed E-state index contributed by atoms with van der Waals surface area (Å²) in [5, 5.41) is 0. The van der Waals surface area contributed by atoms with Crippen LogP contribution in [0, 0.1) is 0 Å². The summed E-state index contributed by atoms with van der Waals surface area (Å²) in [6.45, 7) is 2.00. The molecule has 0 bridgehead atoms. The Morgan fingerprint density at radius 1 is 1.29 bits per heavy atom. The van der Waals surface area contributed by atoms with Crippen LogP contribution in [0.5, 0.6) is 0 Å². The molecular formula is C12H17O4P. The third kappa shape index (κ3) is 4.72. The van der Waals surface area contributed by atoms with Gasteiger partial charge in [-0.2, -0.15) is 0 Å². The maximum absolute atomic E-state index is 12.2. The van der Waals surface area contributed by atoms with Crippen LogP contribution in [0.2, 0.25) is 0 Å². The van der Waals surface area contributed by atoms with Gasteiger partial charge in [0.2, 0.25) is 7.37 Å². The predicted octanol–water partition coefficient (Wildman–Crippen LogP) is 2.67. The molecule has 0 aliphatic rings. The fraction of sp³-hybridized carbons (Fsp3) is 0.417. The third-order valence-corrected chi connectivity index (χ3v) is 4.69. The summed E-state index contributed by atoms with van der Waals surface area (Å²) in [4.78, 5) is 11.1. The summed E-state index contributed by atoms with van der Waals surface area (Å²) < 4.78 is 22.1. The maximum Gasteiger partial charge on any atom is 0.315 e. The molecule has 5 heteroatoms. The normalized spacial score (nSPS) is 14.0. The molecule has 4 nitrogen and oxygen atoms in total. The van der Waals surface area contributed by atoms with Gasteiger partial charge in [0.15, 0.2) is 0 Å². The average molecular weight is 256 g/mol. The van der Waals surface area contributed by atoms with Crippen LogP contribution in [0.15, 0.2) is 30.3 Å². The second kappa shape index (κ2) is 6.58. The largest absolute Gasteiger partial charge is 0.469 e. The zero-order valence-corrected chi connectivity index (χ0v) is 11.0. The standard InChI is InChI=1S/C12H17O4P/c1-3-17(14,10-12(13)15-2)16-9-11-7-5-4-6-8-11/h4-8H,3,9-10H2,1-2H3. The fourth-order valence-electron chi connectivity index (χ4n) is 1.28. The van der Waals surface area contributed by atoms with E-state index < -0.39 is 13.3 Å². The van der Waals surface area contributed by atoms with Crippen LogP contribution in [0.4, 0.5) is 0 Å². The lowest BCUT2D eigenvalue weighted by Gasteiger charge is -2.15. The van der Waals surface area contributed by atoms with Gasteiger partial charge in [0, 0.05) is 6.16 Å². The molecule has 1 aromatic rings. The number of esters is 1. The van der Waals surface area contributed by atoms with E-state index in [0.29, 0.717) is 6.16 Å². The molecule has 0 spiro atoms. The van der Waals surface area contributed by atoms with Crippen LogP contribution in [0.3, 0.4) is 0 Å². The van der Waals surface area contributed by atoms with Crippen molar-refractivity contribution in [3.8, 4) is 0 Å². The Balaban J connectivity index is 2.58. The fourth-order valence-corrected chi connectivity index (χ4v) is 2.68. The number of methoxy groups -OCH3 is 1. The second-order valence-corrected chi connectivity index (χ2v) is 6.46. The molecule has 0 heterocycles. The van der Waals surface area contributed by atoms with Gasteiger partial charge in [0.25, 0.3) is 0 Å². The van der Waals surface area contributed by atoms with Gasteiger partial charge in [0.05, 0.1) is 13.7 Å². The van der Waals surface area contributed by atoms with Crippen molar-refractivity contribution in [3.63, 3.8) is 0 Å². The van der Waals surface area contributed by atoms with Crippen LogP contribution in [0.1, 0.15) is 12.5 Å². The Labute approximate surface area is 101 Å². The molecule has 0 aliphatic carbocycles. The molecule has 94 valence electrons. The van der Waals surface area contributed by atoms with Crippen LogP contribution in [0.25, 0.3) is 0 Å². The molecule has 0 saturated heterocycles. The molecule has 0 fully saturated rings. The molecule has 1 atom stereocenters. The van der Waals surface area contributed by atoms with Gasteiger partial charge >= 0.3 is 5.97 Å². The molecule has 0 amide bonds.